The number of sulfone groups is 1. The molecule has 0 bridgehead atoms. The third kappa shape index (κ3) is 3.76. The monoisotopic (exact) mass is 318 g/mol. The quantitative estimate of drug-likeness (QED) is 0.379. The zero-order valence-electron chi connectivity index (χ0n) is 12.2. The predicted octanol–water partition coefficient (Wildman–Crippen LogP) is 0.214. The van der Waals surface area contributed by atoms with Gasteiger partial charge in [0.1, 0.15) is 5.69 Å². The first kappa shape index (κ1) is 17.0. The summed E-state index contributed by atoms with van der Waals surface area (Å²) in [5, 5.41) is 13.8. The number of aryl methyl sites for hydroxylation is 1. The summed E-state index contributed by atoms with van der Waals surface area (Å²) >= 11 is 0. The predicted molar refractivity (Wildman–Crippen MR) is 78.6 cm³/mol. The van der Waals surface area contributed by atoms with Gasteiger partial charge in [-0.2, -0.15) is 4.98 Å². The fraction of sp³-hybridized carbons (Fsp3) is 0.600. The maximum absolute atomic E-state index is 11.6. The summed E-state index contributed by atoms with van der Waals surface area (Å²) in [7, 11) is -3.35. The summed E-state index contributed by atoms with van der Waals surface area (Å²) in [5.41, 5.74) is 1.99. The molecule has 1 heterocycles. The Morgan fingerprint density at radius 2 is 1.95 bits per heavy atom. The minimum absolute atomic E-state index is 0.00207. The third-order valence-corrected chi connectivity index (χ3v) is 5.21. The lowest BCUT2D eigenvalue weighted by Gasteiger charge is -2.23. The summed E-state index contributed by atoms with van der Waals surface area (Å²) in [6.45, 7) is 4.41. The summed E-state index contributed by atoms with van der Waals surface area (Å²) in [4.78, 5) is 18.1. The Balaban J connectivity index is 3.19. The second kappa shape index (κ2) is 5.77. The molecular formula is C10H18N6O4S. The van der Waals surface area contributed by atoms with Gasteiger partial charge in [0, 0.05) is 12.8 Å². The number of hydrogen-bond donors (Lipinski definition) is 3. The van der Waals surface area contributed by atoms with Crippen molar-refractivity contribution < 1.29 is 13.3 Å². The van der Waals surface area contributed by atoms with Crippen LogP contribution < -0.4 is 16.6 Å². The number of nitrogen functional groups attached to an aromatic ring is 1. The van der Waals surface area contributed by atoms with Crippen LogP contribution in [-0.4, -0.2) is 40.9 Å². The van der Waals surface area contributed by atoms with Gasteiger partial charge in [-0.1, -0.05) is 0 Å². The number of nitrogens with one attached hydrogen (secondary N) is 2. The molecule has 4 N–H and O–H groups in total. The van der Waals surface area contributed by atoms with Crippen LogP contribution in [0.4, 0.5) is 17.5 Å². The van der Waals surface area contributed by atoms with E-state index in [9.17, 15) is 18.5 Å². The summed E-state index contributed by atoms with van der Waals surface area (Å²) in [5.74, 6) is 5.11. The molecule has 0 saturated carbocycles. The first-order valence-corrected chi connectivity index (χ1v) is 7.82. The topological polar surface area (TPSA) is 153 Å². The Bertz CT molecular complexity index is 658. The van der Waals surface area contributed by atoms with Crippen LogP contribution in [0.15, 0.2) is 0 Å². The Labute approximate surface area is 122 Å². The average Bonchev–Trinajstić information content (AvgIpc) is 2.33. The van der Waals surface area contributed by atoms with E-state index in [-0.39, 0.29) is 29.7 Å². The van der Waals surface area contributed by atoms with Crippen molar-refractivity contribution in [3.8, 4) is 0 Å². The molecular weight excluding hydrogens is 300 g/mol. The second-order valence-corrected chi connectivity index (χ2v) is 7.77. The zero-order chi connectivity index (χ0) is 16.4. The van der Waals surface area contributed by atoms with Crippen molar-refractivity contribution in [1.29, 1.82) is 0 Å². The molecule has 1 rings (SSSR count). The normalized spacial score (nSPS) is 12.0. The van der Waals surface area contributed by atoms with Gasteiger partial charge in [0.15, 0.2) is 9.84 Å². The zero-order valence-corrected chi connectivity index (χ0v) is 13.0. The molecule has 1 aromatic heterocycles. The molecule has 0 aliphatic heterocycles. The van der Waals surface area contributed by atoms with Crippen molar-refractivity contribution in [3.05, 3.63) is 15.8 Å². The number of rotatable bonds is 6. The molecule has 1 aromatic rings. The van der Waals surface area contributed by atoms with E-state index in [1.165, 1.54) is 20.8 Å². The lowest BCUT2D eigenvalue weighted by molar-refractivity contribution is -0.385. The maximum atomic E-state index is 11.6. The average molecular weight is 318 g/mol. The van der Waals surface area contributed by atoms with Crippen molar-refractivity contribution in [2.24, 2.45) is 5.84 Å². The number of nitrogens with zero attached hydrogens (tertiary/aromatic N) is 3. The van der Waals surface area contributed by atoms with Crippen LogP contribution >= 0.6 is 0 Å². The van der Waals surface area contributed by atoms with Gasteiger partial charge in [0.05, 0.1) is 9.67 Å². The van der Waals surface area contributed by atoms with Crippen LogP contribution in [0.1, 0.15) is 19.5 Å². The van der Waals surface area contributed by atoms with E-state index in [2.05, 4.69) is 20.7 Å². The molecule has 0 amide bonds. The standard InChI is InChI=1S/C10H18N6O4S/c1-6-7(16(17)18)8(14-9(13-6)15-11)12-5-10(2,3)21(4,19)20/h5,11H2,1-4H3,(H2,12,13,14,15). The highest BCUT2D eigenvalue weighted by atomic mass is 32.2. The molecule has 118 valence electrons. The SMILES string of the molecule is Cc1nc(NN)nc(NCC(C)(C)S(C)(=O)=O)c1[N+](=O)[O-]. The van der Waals surface area contributed by atoms with Crippen LogP contribution in [0.2, 0.25) is 0 Å². The minimum atomic E-state index is -3.35. The Morgan fingerprint density at radius 3 is 2.38 bits per heavy atom. The number of aromatic nitrogens is 2. The van der Waals surface area contributed by atoms with E-state index in [1.807, 2.05) is 0 Å². The van der Waals surface area contributed by atoms with Crippen molar-refractivity contribution >= 4 is 27.3 Å². The Kier molecular flexibility index (Phi) is 4.69. The first-order chi connectivity index (χ1) is 9.49. The molecule has 0 radical (unpaired) electrons. The fourth-order valence-corrected chi connectivity index (χ4v) is 1.74. The van der Waals surface area contributed by atoms with Gasteiger partial charge in [0.2, 0.25) is 11.8 Å². The van der Waals surface area contributed by atoms with Crippen LogP contribution in [0, 0.1) is 17.0 Å². The highest BCUT2D eigenvalue weighted by Gasteiger charge is 2.31. The van der Waals surface area contributed by atoms with E-state index in [0.717, 1.165) is 6.26 Å². The van der Waals surface area contributed by atoms with Crippen LogP contribution in [0.5, 0.6) is 0 Å². The van der Waals surface area contributed by atoms with Crippen molar-refractivity contribution in [3.63, 3.8) is 0 Å². The second-order valence-electron chi connectivity index (χ2n) is 5.12. The van der Waals surface area contributed by atoms with Crippen LogP contribution in [-0.2, 0) is 9.84 Å². The molecule has 11 heteroatoms. The molecule has 0 aliphatic carbocycles. The molecule has 0 saturated heterocycles. The number of hydrazine groups is 1. The molecule has 0 aliphatic rings. The van der Waals surface area contributed by atoms with Gasteiger partial charge in [-0.25, -0.2) is 19.2 Å². The van der Waals surface area contributed by atoms with Gasteiger partial charge >= 0.3 is 5.69 Å². The highest BCUT2D eigenvalue weighted by Crippen LogP contribution is 2.27. The Morgan fingerprint density at radius 1 is 1.38 bits per heavy atom. The summed E-state index contributed by atoms with van der Waals surface area (Å²) < 4.78 is 22.2. The van der Waals surface area contributed by atoms with Gasteiger partial charge in [-0.3, -0.25) is 15.5 Å². The minimum Gasteiger partial charge on any atom is -0.363 e. The van der Waals surface area contributed by atoms with Crippen molar-refractivity contribution in [2.45, 2.75) is 25.5 Å². The Hall–Kier alpha value is -2.01. The highest BCUT2D eigenvalue weighted by molar-refractivity contribution is 7.92. The van der Waals surface area contributed by atoms with Gasteiger partial charge in [0.25, 0.3) is 0 Å². The van der Waals surface area contributed by atoms with Crippen LogP contribution in [0.3, 0.4) is 0 Å². The fourth-order valence-electron chi connectivity index (χ4n) is 1.40. The number of hydrogen-bond acceptors (Lipinski definition) is 9. The summed E-state index contributed by atoms with van der Waals surface area (Å²) in [6, 6.07) is 0. The van der Waals surface area contributed by atoms with Gasteiger partial charge in [-0.05, 0) is 20.8 Å². The molecule has 0 unspecified atom stereocenters. The van der Waals surface area contributed by atoms with E-state index in [1.54, 1.807) is 0 Å². The lowest BCUT2D eigenvalue weighted by atomic mass is 10.2. The largest absolute Gasteiger partial charge is 0.363 e. The molecule has 0 aromatic carbocycles. The number of anilines is 2. The summed E-state index contributed by atoms with van der Waals surface area (Å²) in [6.07, 6.45) is 1.10. The molecule has 0 atom stereocenters. The van der Waals surface area contributed by atoms with E-state index in [4.69, 9.17) is 5.84 Å². The van der Waals surface area contributed by atoms with E-state index in [0.29, 0.717) is 0 Å². The molecule has 21 heavy (non-hydrogen) atoms. The van der Waals surface area contributed by atoms with Crippen molar-refractivity contribution in [2.75, 3.05) is 23.5 Å². The van der Waals surface area contributed by atoms with Gasteiger partial charge < -0.3 is 5.32 Å². The number of nitro groups is 1. The first-order valence-electron chi connectivity index (χ1n) is 5.92. The molecule has 10 nitrogen and oxygen atoms in total. The lowest BCUT2D eigenvalue weighted by Crippen LogP contribution is -2.38. The van der Waals surface area contributed by atoms with Gasteiger partial charge in [-0.15, -0.1) is 0 Å². The van der Waals surface area contributed by atoms with E-state index >= 15 is 0 Å². The maximum Gasteiger partial charge on any atom is 0.332 e. The van der Waals surface area contributed by atoms with E-state index < -0.39 is 19.5 Å². The molecule has 0 fully saturated rings. The number of nitrogens with two attached hydrogens (primary N) is 1. The molecule has 0 spiro atoms. The van der Waals surface area contributed by atoms with Crippen molar-refractivity contribution in [1.82, 2.24) is 9.97 Å². The third-order valence-electron chi connectivity index (χ3n) is 3.06. The smallest absolute Gasteiger partial charge is 0.332 e. The van der Waals surface area contributed by atoms with Crippen LogP contribution in [0.25, 0.3) is 0 Å².